The van der Waals surface area contributed by atoms with Gasteiger partial charge in [-0.1, -0.05) is 0 Å². The van der Waals surface area contributed by atoms with E-state index >= 15 is 0 Å². The number of hydrogen-bond acceptors (Lipinski definition) is 4. The van der Waals surface area contributed by atoms with Crippen molar-refractivity contribution in [3.8, 4) is 0 Å². The Balaban J connectivity index is 3.33. The van der Waals surface area contributed by atoms with E-state index in [9.17, 15) is 19.3 Å². The summed E-state index contributed by atoms with van der Waals surface area (Å²) >= 11 is 0. The number of halogens is 1. The summed E-state index contributed by atoms with van der Waals surface area (Å²) in [4.78, 5) is 21.7. The maximum absolute atomic E-state index is 13.3. The predicted octanol–water partition coefficient (Wildman–Crippen LogP) is 2.61. The van der Waals surface area contributed by atoms with Crippen molar-refractivity contribution < 1.29 is 18.8 Å². The van der Waals surface area contributed by atoms with Crippen molar-refractivity contribution in [1.82, 2.24) is 0 Å². The fraction of sp³-hybridized carbons (Fsp3) is 0.364. The Kier molecular flexibility index (Phi) is 3.77. The Hall–Kier alpha value is -1.98. The van der Waals surface area contributed by atoms with Gasteiger partial charge in [-0.2, -0.15) is 0 Å². The zero-order valence-corrected chi connectivity index (χ0v) is 9.69. The molecule has 0 aliphatic carbocycles. The van der Waals surface area contributed by atoms with E-state index in [0.717, 1.165) is 12.1 Å². The first-order valence-electron chi connectivity index (χ1n) is 4.99. The first kappa shape index (κ1) is 13.1. The van der Waals surface area contributed by atoms with Crippen LogP contribution in [0, 0.1) is 22.9 Å². The van der Waals surface area contributed by atoms with Crippen LogP contribution in [0.15, 0.2) is 12.1 Å². The molecule has 0 radical (unpaired) electrons. The van der Waals surface area contributed by atoms with Crippen molar-refractivity contribution in [1.29, 1.82) is 0 Å². The van der Waals surface area contributed by atoms with Crippen LogP contribution < -0.4 is 0 Å². The number of nitro groups is 1. The van der Waals surface area contributed by atoms with Gasteiger partial charge in [0.2, 0.25) is 0 Å². The lowest BCUT2D eigenvalue weighted by Crippen LogP contribution is -2.15. The summed E-state index contributed by atoms with van der Waals surface area (Å²) in [6.45, 7) is 4.52. The van der Waals surface area contributed by atoms with Crippen molar-refractivity contribution in [2.24, 2.45) is 0 Å². The Morgan fingerprint density at radius 2 is 2.06 bits per heavy atom. The second-order valence-electron chi connectivity index (χ2n) is 3.78. The molecule has 0 atom stereocenters. The molecule has 0 N–H and O–H groups in total. The van der Waals surface area contributed by atoms with Gasteiger partial charge < -0.3 is 4.74 Å². The van der Waals surface area contributed by atoms with Crippen LogP contribution in [0.3, 0.4) is 0 Å². The average molecular weight is 241 g/mol. The highest BCUT2D eigenvalue weighted by Gasteiger charge is 2.26. The van der Waals surface area contributed by atoms with Crippen molar-refractivity contribution >= 4 is 11.7 Å². The van der Waals surface area contributed by atoms with E-state index in [0.29, 0.717) is 0 Å². The van der Waals surface area contributed by atoms with E-state index in [1.165, 1.54) is 6.92 Å². The molecule has 0 amide bonds. The zero-order chi connectivity index (χ0) is 13.2. The Bertz CT molecular complexity index is 471. The molecule has 6 heteroatoms. The summed E-state index contributed by atoms with van der Waals surface area (Å²) in [6.07, 6.45) is -0.426. The van der Waals surface area contributed by atoms with Crippen LogP contribution in [0.5, 0.6) is 0 Å². The lowest BCUT2D eigenvalue weighted by atomic mass is 10.1. The quantitative estimate of drug-likeness (QED) is 0.463. The minimum Gasteiger partial charge on any atom is -0.459 e. The SMILES string of the molecule is Cc1c(F)ccc([N+](=O)[O-])c1C(=O)OC(C)C. The van der Waals surface area contributed by atoms with E-state index in [2.05, 4.69) is 0 Å². The van der Waals surface area contributed by atoms with Gasteiger partial charge in [-0.15, -0.1) is 0 Å². The Morgan fingerprint density at radius 1 is 1.47 bits per heavy atom. The van der Waals surface area contributed by atoms with Crippen LogP contribution >= 0.6 is 0 Å². The number of benzene rings is 1. The number of esters is 1. The van der Waals surface area contributed by atoms with E-state index < -0.39 is 28.5 Å². The van der Waals surface area contributed by atoms with Crippen molar-refractivity contribution in [3.05, 3.63) is 39.2 Å². The summed E-state index contributed by atoms with van der Waals surface area (Å²) < 4.78 is 18.1. The van der Waals surface area contributed by atoms with Gasteiger partial charge in [0.15, 0.2) is 0 Å². The van der Waals surface area contributed by atoms with E-state index in [-0.39, 0.29) is 11.1 Å². The summed E-state index contributed by atoms with van der Waals surface area (Å²) in [7, 11) is 0. The smallest absolute Gasteiger partial charge is 0.345 e. The van der Waals surface area contributed by atoms with Gasteiger partial charge in [0.25, 0.3) is 5.69 Å². The number of nitrogens with zero attached hydrogens (tertiary/aromatic N) is 1. The summed E-state index contributed by atoms with van der Waals surface area (Å²) in [5, 5.41) is 10.8. The molecule has 0 fully saturated rings. The summed E-state index contributed by atoms with van der Waals surface area (Å²) in [5.74, 6) is -1.56. The third-order valence-electron chi connectivity index (χ3n) is 2.12. The maximum Gasteiger partial charge on any atom is 0.345 e. The molecule has 0 aliphatic heterocycles. The monoisotopic (exact) mass is 241 g/mol. The highest BCUT2D eigenvalue weighted by atomic mass is 19.1. The topological polar surface area (TPSA) is 69.4 Å². The Morgan fingerprint density at radius 3 is 2.53 bits per heavy atom. The van der Waals surface area contributed by atoms with Crippen LogP contribution in [0.25, 0.3) is 0 Å². The van der Waals surface area contributed by atoms with E-state index in [1.807, 2.05) is 0 Å². The number of nitro benzene ring substituents is 1. The molecule has 0 spiro atoms. The fourth-order valence-corrected chi connectivity index (χ4v) is 1.35. The van der Waals surface area contributed by atoms with Gasteiger partial charge in [0, 0.05) is 11.6 Å². The molecule has 17 heavy (non-hydrogen) atoms. The van der Waals surface area contributed by atoms with E-state index in [4.69, 9.17) is 4.74 Å². The fourth-order valence-electron chi connectivity index (χ4n) is 1.35. The third kappa shape index (κ3) is 2.77. The molecule has 92 valence electrons. The molecule has 0 bridgehead atoms. The lowest BCUT2D eigenvalue weighted by molar-refractivity contribution is -0.385. The van der Waals surface area contributed by atoms with E-state index in [1.54, 1.807) is 13.8 Å². The van der Waals surface area contributed by atoms with Crippen LogP contribution in [-0.4, -0.2) is 17.0 Å². The molecule has 0 aromatic heterocycles. The molecule has 0 unspecified atom stereocenters. The Labute approximate surface area is 97.3 Å². The van der Waals surface area contributed by atoms with Crippen LogP contribution in [0.2, 0.25) is 0 Å². The third-order valence-corrected chi connectivity index (χ3v) is 2.12. The van der Waals surface area contributed by atoms with Crippen molar-refractivity contribution in [2.45, 2.75) is 26.9 Å². The molecule has 0 aliphatic rings. The summed E-state index contributed by atoms with van der Waals surface area (Å²) in [6, 6.07) is 1.92. The number of rotatable bonds is 3. The molecule has 0 saturated heterocycles. The number of ether oxygens (including phenoxy) is 1. The molecule has 5 nitrogen and oxygen atoms in total. The second kappa shape index (κ2) is 4.90. The van der Waals surface area contributed by atoms with Gasteiger partial charge in [-0.25, -0.2) is 9.18 Å². The largest absolute Gasteiger partial charge is 0.459 e. The van der Waals surface area contributed by atoms with Crippen molar-refractivity contribution in [2.75, 3.05) is 0 Å². The highest BCUT2D eigenvalue weighted by molar-refractivity contribution is 5.95. The first-order valence-corrected chi connectivity index (χ1v) is 4.99. The van der Waals surface area contributed by atoms with Gasteiger partial charge in [0.1, 0.15) is 11.4 Å². The molecule has 1 aromatic rings. The van der Waals surface area contributed by atoms with Gasteiger partial charge >= 0.3 is 5.97 Å². The predicted molar refractivity (Wildman–Crippen MR) is 58.3 cm³/mol. The molecular formula is C11H12FNO4. The maximum atomic E-state index is 13.3. The standard InChI is InChI=1S/C11H12FNO4/c1-6(2)17-11(14)10-7(3)8(12)4-5-9(10)13(15)16/h4-6H,1-3H3. The molecule has 0 heterocycles. The van der Waals surface area contributed by atoms with Gasteiger partial charge in [-0.05, 0) is 26.8 Å². The first-order chi connectivity index (χ1) is 7.84. The van der Waals surface area contributed by atoms with Gasteiger partial charge in [0.05, 0.1) is 11.0 Å². The molecule has 0 saturated carbocycles. The van der Waals surface area contributed by atoms with Crippen LogP contribution in [0.4, 0.5) is 10.1 Å². The minimum atomic E-state index is -0.885. The lowest BCUT2D eigenvalue weighted by Gasteiger charge is -2.10. The number of carbonyl (C=O) groups is 1. The highest BCUT2D eigenvalue weighted by Crippen LogP contribution is 2.25. The molecular weight excluding hydrogens is 229 g/mol. The van der Waals surface area contributed by atoms with Crippen LogP contribution in [-0.2, 0) is 4.74 Å². The average Bonchev–Trinajstić information content (AvgIpc) is 2.20. The zero-order valence-electron chi connectivity index (χ0n) is 9.69. The number of carbonyl (C=O) groups excluding carboxylic acids is 1. The minimum absolute atomic E-state index is 0.0788. The second-order valence-corrected chi connectivity index (χ2v) is 3.78. The number of hydrogen-bond donors (Lipinski definition) is 0. The van der Waals surface area contributed by atoms with Crippen molar-refractivity contribution in [3.63, 3.8) is 0 Å². The molecule has 1 aromatic carbocycles. The summed E-state index contributed by atoms with van der Waals surface area (Å²) in [5.41, 5.74) is -0.858. The normalized spacial score (nSPS) is 10.4. The van der Waals surface area contributed by atoms with Gasteiger partial charge in [-0.3, -0.25) is 10.1 Å². The molecule has 1 rings (SSSR count). The van der Waals surface area contributed by atoms with Crippen LogP contribution in [0.1, 0.15) is 29.8 Å².